The molecule has 0 bridgehead atoms. The third-order valence-electron chi connectivity index (χ3n) is 3.21. The van der Waals surface area contributed by atoms with Crippen LogP contribution < -0.4 is 15.4 Å². The maximum atomic E-state index is 12.2. The van der Waals surface area contributed by atoms with Crippen LogP contribution >= 0.6 is 0 Å². The minimum absolute atomic E-state index is 0.146. The summed E-state index contributed by atoms with van der Waals surface area (Å²) in [6, 6.07) is 2.63. The zero-order chi connectivity index (χ0) is 16.2. The number of alkyl halides is 3. The molecule has 1 amide bonds. The average molecular weight is 319 g/mol. The van der Waals surface area contributed by atoms with Crippen molar-refractivity contribution in [3.05, 3.63) is 24.0 Å². The van der Waals surface area contributed by atoms with Gasteiger partial charge in [-0.1, -0.05) is 0 Å². The van der Waals surface area contributed by atoms with Crippen LogP contribution in [0.15, 0.2) is 18.3 Å². The number of amides is 1. The molecule has 0 aliphatic carbocycles. The molecule has 2 rings (SSSR count). The second kappa shape index (κ2) is 6.93. The number of hydrogen-bond donors (Lipinski definition) is 3. The van der Waals surface area contributed by atoms with E-state index in [1.54, 1.807) is 0 Å². The number of carbonyl (C=O) groups is 1. The van der Waals surface area contributed by atoms with Crippen LogP contribution in [-0.2, 0) is 0 Å². The largest absolute Gasteiger partial charge is 0.482 e. The van der Waals surface area contributed by atoms with Gasteiger partial charge in [0.05, 0.1) is 6.10 Å². The summed E-state index contributed by atoms with van der Waals surface area (Å²) in [4.78, 5) is 15.8. The number of hydrogen-bond acceptors (Lipinski definition) is 5. The highest BCUT2D eigenvalue weighted by atomic mass is 19.4. The van der Waals surface area contributed by atoms with Crippen LogP contribution in [0.2, 0.25) is 0 Å². The first-order chi connectivity index (χ1) is 10.4. The van der Waals surface area contributed by atoms with Crippen LogP contribution in [0.1, 0.15) is 10.5 Å². The molecule has 6 nitrogen and oxygen atoms in total. The minimum Gasteiger partial charge on any atom is -0.482 e. The van der Waals surface area contributed by atoms with Gasteiger partial charge < -0.3 is 20.5 Å². The van der Waals surface area contributed by atoms with Gasteiger partial charge in [-0.2, -0.15) is 13.2 Å². The van der Waals surface area contributed by atoms with Gasteiger partial charge in [0.2, 0.25) is 0 Å². The smallest absolute Gasteiger partial charge is 0.422 e. The van der Waals surface area contributed by atoms with Gasteiger partial charge in [-0.05, 0) is 12.1 Å². The van der Waals surface area contributed by atoms with Gasteiger partial charge in [0, 0.05) is 31.7 Å². The molecular weight excluding hydrogens is 303 g/mol. The number of nitrogens with zero attached hydrogens (tertiary/aromatic N) is 1. The van der Waals surface area contributed by atoms with Crippen LogP contribution in [0.3, 0.4) is 0 Å². The van der Waals surface area contributed by atoms with Crippen molar-refractivity contribution < 1.29 is 27.8 Å². The lowest BCUT2D eigenvalue weighted by Gasteiger charge is -2.15. The lowest BCUT2D eigenvalue weighted by molar-refractivity contribution is -0.153. The van der Waals surface area contributed by atoms with Gasteiger partial charge in [-0.3, -0.25) is 4.79 Å². The molecule has 0 saturated carbocycles. The van der Waals surface area contributed by atoms with E-state index in [9.17, 15) is 23.1 Å². The van der Waals surface area contributed by atoms with Crippen molar-refractivity contribution in [2.75, 3.05) is 26.2 Å². The van der Waals surface area contributed by atoms with Crippen molar-refractivity contribution in [3.8, 4) is 5.75 Å². The number of halogens is 3. The van der Waals surface area contributed by atoms with Crippen LogP contribution in [0, 0.1) is 5.92 Å². The molecule has 1 aromatic heterocycles. The Morgan fingerprint density at radius 1 is 1.50 bits per heavy atom. The fraction of sp³-hybridized carbons (Fsp3) is 0.538. The lowest BCUT2D eigenvalue weighted by Crippen LogP contribution is -2.35. The molecule has 1 fully saturated rings. The second-order valence-electron chi connectivity index (χ2n) is 4.95. The van der Waals surface area contributed by atoms with Crippen molar-refractivity contribution in [1.29, 1.82) is 0 Å². The molecule has 0 spiro atoms. The highest BCUT2D eigenvalue weighted by molar-refractivity contribution is 5.94. The first-order valence-corrected chi connectivity index (χ1v) is 6.68. The molecule has 2 atom stereocenters. The third-order valence-corrected chi connectivity index (χ3v) is 3.21. The highest BCUT2D eigenvalue weighted by Gasteiger charge is 2.30. The van der Waals surface area contributed by atoms with E-state index < -0.39 is 24.8 Å². The van der Waals surface area contributed by atoms with Gasteiger partial charge >= 0.3 is 6.18 Å². The monoisotopic (exact) mass is 319 g/mol. The summed E-state index contributed by atoms with van der Waals surface area (Å²) in [6.45, 7) is -0.294. The Kier molecular flexibility index (Phi) is 5.19. The molecule has 3 N–H and O–H groups in total. The number of ether oxygens (including phenoxy) is 1. The van der Waals surface area contributed by atoms with E-state index in [1.807, 2.05) is 0 Å². The minimum atomic E-state index is -4.50. The maximum absolute atomic E-state index is 12.2. The quantitative estimate of drug-likeness (QED) is 0.729. The standard InChI is InChI=1S/C13H16F3N3O3/c14-13(15,16)7-22-10-2-1-3-18-11(10)12(21)19-5-8-4-17-6-9(8)20/h1-3,8-9,17,20H,4-7H2,(H,19,21). The normalized spacial score (nSPS) is 21.6. The molecule has 122 valence electrons. The van der Waals surface area contributed by atoms with Crippen molar-refractivity contribution >= 4 is 5.91 Å². The van der Waals surface area contributed by atoms with Crippen LogP contribution in [-0.4, -0.2) is 54.5 Å². The van der Waals surface area contributed by atoms with E-state index in [4.69, 9.17) is 0 Å². The fourth-order valence-corrected chi connectivity index (χ4v) is 2.07. The molecule has 1 aliphatic rings. The summed E-state index contributed by atoms with van der Waals surface area (Å²) in [5.41, 5.74) is -0.216. The zero-order valence-electron chi connectivity index (χ0n) is 11.6. The van der Waals surface area contributed by atoms with Gasteiger partial charge in [0.25, 0.3) is 5.91 Å². The second-order valence-corrected chi connectivity index (χ2v) is 4.95. The average Bonchev–Trinajstić information content (AvgIpc) is 2.87. The lowest BCUT2D eigenvalue weighted by atomic mass is 10.1. The number of nitrogens with one attached hydrogen (secondary N) is 2. The van der Waals surface area contributed by atoms with Crippen molar-refractivity contribution in [1.82, 2.24) is 15.6 Å². The molecule has 2 unspecified atom stereocenters. The number of β-amino-alcohol motifs (C(OH)–C–C–N with tert-alkyl or cyclic N) is 1. The number of carbonyl (C=O) groups excluding carboxylic acids is 1. The van der Waals surface area contributed by atoms with E-state index >= 15 is 0 Å². The number of aliphatic hydroxyl groups is 1. The molecule has 1 aliphatic heterocycles. The SMILES string of the molecule is O=C(NCC1CNCC1O)c1ncccc1OCC(F)(F)F. The molecule has 2 heterocycles. The molecule has 1 saturated heterocycles. The van der Waals surface area contributed by atoms with E-state index in [2.05, 4.69) is 20.4 Å². The summed E-state index contributed by atoms with van der Waals surface area (Å²) in [5, 5.41) is 15.1. The Hall–Kier alpha value is -1.87. The summed E-state index contributed by atoms with van der Waals surface area (Å²) in [5.74, 6) is -1.02. The van der Waals surface area contributed by atoms with E-state index in [1.165, 1.54) is 18.3 Å². The Bertz CT molecular complexity index is 525. The first-order valence-electron chi connectivity index (χ1n) is 6.68. The zero-order valence-corrected chi connectivity index (χ0v) is 11.6. The predicted molar refractivity (Wildman–Crippen MR) is 70.5 cm³/mol. The molecule has 22 heavy (non-hydrogen) atoms. The summed E-state index contributed by atoms with van der Waals surface area (Å²) in [6.07, 6.45) is -3.77. The summed E-state index contributed by atoms with van der Waals surface area (Å²) < 4.78 is 41.2. The third kappa shape index (κ3) is 4.57. The summed E-state index contributed by atoms with van der Waals surface area (Å²) in [7, 11) is 0. The number of pyridine rings is 1. The Labute approximate surface area is 124 Å². The van der Waals surface area contributed by atoms with Crippen molar-refractivity contribution in [2.45, 2.75) is 12.3 Å². The molecular formula is C13H16F3N3O3. The van der Waals surface area contributed by atoms with Crippen LogP contribution in [0.4, 0.5) is 13.2 Å². The summed E-state index contributed by atoms with van der Waals surface area (Å²) >= 11 is 0. The van der Waals surface area contributed by atoms with E-state index in [0.29, 0.717) is 13.1 Å². The number of aliphatic hydroxyl groups excluding tert-OH is 1. The van der Waals surface area contributed by atoms with E-state index in [-0.39, 0.29) is 23.9 Å². The first kappa shape index (κ1) is 16.5. The van der Waals surface area contributed by atoms with Gasteiger partial charge in [0.1, 0.15) is 0 Å². The molecule has 0 radical (unpaired) electrons. The fourth-order valence-electron chi connectivity index (χ4n) is 2.07. The van der Waals surface area contributed by atoms with Crippen molar-refractivity contribution in [3.63, 3.8) is 0 Å². The van der Waals surface area contributed by atoms with Gasteiger partial charge in [-0.25, -0.2) is 4.98 Å². The van der Waals surface area contributed by atoms with Crippen LogP contribution in [0.25, 0.3) is 0 Å². The predicted octanol–water partition coefficient (Wildman–Crippen LogP) is 0.333. The van der Waals surface area contributed by atoms with Gasteiger partial charge in [-0.15, -0.1) is 0 Å². The molecule has 9 heteroatoms. The van der Waals surface area contributed by atoms with E-state index in [0.717, 1.165) is 0 Å². The molecule has 0 aromatic carbocycles. The highest BCUT2D eigenvalue weighted by Crippen LogP contribution is 2.20. The Morgan fingerprint density at radius 2 is 2.27 bits per heavy atom. The topological polar surface area (TPSA) is 83.5 Å². The molecule has 1 aromatic rings. The number of aromatic nitrogens is 1. The van der Waals surface area contributed by atoms with Gasteiger partial charge in [0.15, 0.2) is 18.1 Å². The Balaban J connectivity index is 1.96. The number of rotatable bonds is 5. The Morgan fingerprint density at radius 3 is 2.91 bits per heavy atom. The van der Waals surface area contributed by atoms with Crippen molar-refractivity contribution in [2.24, 2.45) is 5.92 Å². The van der Waals surface area contributed by atoms with Crippen LogP contribution in [0.5, 0.6) is 5.75 Å². The maximum Gasteiger partial charge on any atom is 0.422 e.